The van der Waals surface area contributed by atoms with E-state index >= 15 is 0 Å². The van der Waals surface area contributed by atoms with Crippen LogP contribution < -0.4 is 0 Å². The molecule has 3 aromatic rings. The van der Waals surface area contributed by atoms with Gasteiger partial charge in [0.1, 0.15) is 0 Å². The molecule has 2 aromatic carbocycles. The maximum atomic E-state index is 13.3. The van der Waals surface area contributed by atoms with E-state index in [9.17, 15) is 8.42 Å². The number of halogens is 1. The Morgan fingerprint density at radius 1 is 1.12 bits per heavy atom. The quantitative estimate of drug-likeness (QED) is 0.657. The molecule has 1 aliphatic rings. The van der Waals surface area contributed by atoms with Crippen molar-refractivity contribution in [2.24, 2.45) is 0 Å². The first-order valence-corrected chi connectivity index (χ1v) is 10.2. The largest absolute Gasteiger partial charge is 0.283 e. The van der Waals surface area contributed by atoms with Gasteiger partial charge in [-0.1, -0.05) is 53.6 Å². The lowest BCUT2D eigenvalue weighted by atomic mass is 9.99. The molecule has 0 unspecified atom stereocenters. The average molecular weight is 385 g/mol. The molecule has 0 bridgehead atoms. The van der Waals surface area contributed by atoms with Crippen LogP contribution in [-0.4, -0.2) is 17.6 Å². The number of aromatic nitrogens is 2. The summed E-state index contributed by atoms with van der Waals surface area (Å²) < 4.78 is 27.7. The second-order valence-corrected chi connectivity index (χ2v) is 8.53. The minimum Gasteiger partial charge on any atom is -0.199 e. The topological polar surface area (TPSA) is 52.0 Å². The fourth-order valence-corrected chi connectivity index (χ4v) is 4.64. The Bertz CT molecular complexity index is 1110. The molecule has 4 rings (SSSR count). The van der Waals surface area contributed by atoms with Crippen molar-refractivity contribution in [1.82, 2.24) is 9.19 Å². The van der Waals surface area contributed by atoms with Gasteiger partial charge in [0, 0.05) is 16.1 Å². The maximum absolute atomic E-state index is 13.3. The van der Waals surface area contributed by atoms with Crippen molar-refractivity contribution in [3.8, 4) is 11.3 Å². The standard InChI is InChI=1S/C20H17ClN2O2S/c1-14-9-11-17(12-10-14)26(24,25)23-20(15-5-4-6-16(21)13-15)18-7-2-3-8-19(18)22-23/h2,4-7,9-13H,3,8H2,1H3. The molecule has 0 N–H and O–H groups in total. The number of allylic oxidation sites excluding steroid dienone is 1. The highest BCUT2D eigenvalue weighted by atomic mass is 35.5. The van der Waals surface area contributed by atoms with Gasteiger partial charge in [-0.3, -0.25) is 0 Å². The normalized spacial score (nSPS) is 13.6. The third-order valence-corrected chi connectivity index (χ3v) is 6.27. The van der Waals surface area contributed by atoms with E-state index in [1.807, 2.05) is 31.2 Å². The Labute approximate surface area is 157 Å². The first-order chi connectivity index (χ1) is 12.5. The summed E-state index contributed by atoms with van der Waals surface area (Å²) >= 11 is 6.15. The highest BCUT2D eigenvalue weighted by molar-refractivity contribution is 7.90. The SMILES string of the molecule is Cc1ccc(S(=O)(=O)n2nc3c(c2-c2cccc(Cl)c2)C=CCC3)cc1. The Kier molecular flexibility index (Phi) is 4.21. The molecule has 0 fully saturated rings. The van der Waals surface area contributed by atoms with Crippen molar-refractivity contribution in [3.05, 3.63) is 76.5 Å². The molecule has 132 valence electrons. The minimum atomic E-state index is -3.81. The maximum Gasteiger partial charge on any atom is 0.283 e. The number of rotatable bonds is 3. The number of hydrogen-bond donors (Lipinski definition) is 0. The number of benzene rings is 2. The molecule has 1 aliphatic carbocycles. The van der Waals surface area contributed by atoms with Gasteiger partial charge in [0.25, 0.3) is 10.0 Å². The van der Waals surface area contributed by atoms with E-state index in [0.717, 1.165) is 39.3 Å². The van der Waals surface area contributed by atoms with E-state index in [4.69, 9.17) is 11.6 Å². The first kappa shape index (κ1) is 17.1. The van der Waals surface area contributed by atoms with E-state index in [-0.39, 0.29) is 4.90 Å². The molecule has 0 aliphatic heterocycles. The zero-order chi connectivity index (χ0) is 18.3. The van der Waals surface area contributed by atoms with Gasteiger partial charge in [0.2, 0.25) is 0 Å². The lowest BCUT2D eigenvalue weighted by Crippen LogP contribution is -2.16. The molecule has 0 amide bonds. The van der Waals surface area contributed by atoms with Gasteiger partial charge < -0.3 is 0 Å². The summed E-state index contributed by atoms with van der Waals surface area (Å²) in [6, 6.07) is 14.0. The summed E-state index contributed by atoms with van der Waals surface area (Å²) in [5, 5.41) is 5.01. The Hall–Kier alpha value is -2.37. The second-order valence-electron chi connectivity index (χ2n) is 6.32. The summed E-state index contributed by atoms with van der Waals surface area (Å²) in [5.41, 5.74) is 3.92. The Balaban J connectivity index is 1.98. The molecule has 0 saturated carbocycles. The Morgan fingerprint density at radius 3 is 2.62 bits per heavy atom. The van der Waals surface area contributed by atoms with Gasteiger partial charge in [-0.15, -0.1) is 0 Å². The summed E-state index contributed by atoms with van der Waals surface area (Å²) in [5.74, 6) is 0. The number of aryl methyl sites for hydroxylation is 2. The van der Waals surface area contributed by atoms with E-state index in [1.165, 1.54) is 0 Å². The minimum absolute atomic E-state index is 0.218. The van der Waals surface area contributed by atoms with Crippen molar-refractivity contribution >= 4 is 27.7 Å². The third kappa shape index (κ3) is 2.87. The van der Waals surface area contributed by atoms with E-state index < -0.39 is 10.0 Å². The molecule has 4 nitrogen and oxygen atoms in total. The molecule has 0 atom stereocenters. The van der Waals surface area contributed by atoms with Crippen LogP contribution in [0.4, 0.5) is 0 Å². The van der Waals surface area contributed by atoms with Crippen LogP contribution in [0.1, 0.15) is 23.2 Å². The monoisotopic (exact) mass is 384 g/mol. The first-order valence-electron chi connectivity index (χ1n) is 8.33. The van der Waals surface area contributed by atoms with Crippen molar-refractivity contribution in [3.63, 3.8) is 0 Å². The molecular formula is C20H17ClN2O2S. The van der Waals surface area contributed by atoms with Crippen molar-refractivity contribution in [1.29, 1.82) is 0 Å². The van der Waals surface area contributed by atoms with Crippen molar-refractivity contribution in [2.45, 2.75) is 24.7 Å². The number of hydrogen-bond acceptors (Lipinski definition) is 3. The van der Waals surface area contributed by atoms with Gasteiger partial charge in [-0.2, -0.15) is 17.6 Å². The van der Waals surface area contributed by atoms with Crippen molar-refractivity contribution < 1.29 is 8.42 Å². The Morgan fingerprint density at radius 2 is 1.88 bits per heavy atom. The smallest absolute Gasteiger partial charge is 0.199 e. The molecule has 6 heteroatoms. The number of nitrogens with zero attached hydrogens (tertiary/aromatic N) is 2. The van der Waals surface area contributed by atoms with Crippen molar-refractivity contribution in [2.75, 3.05) is 0 Å². The van der Waals surface area contributed by atoms with Gasteiger partial charge in [0.15, 0.2) is 0 Å². The fraction of sp³-hybridized carbons (Fsp3) is 0.150. The van der Waals surface area contributed by atoms with E-state index in [0.29, 0.717) is 10.7 Å². The lowest BCUT2D eigenvalue weighted by molar-refractivity contribution is 0.580. The lowest BCUT2D eigenvalue weighted by Gasteiger charge is -2.11. The van der Waals surface area contributed by atoms with Crippen LogP contribution in [0.15, 0.2) is 59.5 Å². The summed E-state index contributed by atoms with van der Waals surface area (Å²) in [6.45, 7) is 1.92. The predicted octanol–water partition coefficient (Wildman–Crippen LogP) is 4.71. The second kappa shape index (κ2) is 6.41. The van der Waals surface area contributed by atoms with Gasteiger partial charge in [-0.05, 0) is 44.0 Å². The molecule has 0 spiro atoms. The van der Waals surface area contributed by atoms with Gasteiger partial charge in [-0.25, -0.2) is 0 Å². The fourth-order valence-electron chi connectivity index (χ4n) is 3.12. The summed E-state index contributed by atoms with van der Waals surface area (Å²) in [6.07, 6.45) is 5.56. The van der Waals surface area contributed by atoms with Crippen LogP contribution in [-0.2, 0) is 16.4 Å². The summed E-state index contributed by atoms with van der Waals surface area (Å²) in [7, 11) is -3.81. The van der Waals surface area contributed by atoms with E-state index in [1.54, 1.807) is 36.4 Å². The van der Waals surface area contributed by atoms with Crippen LogP contribution in [0.25, 0.3) is 17.3 Å². The van der Waals surface area contributed by atoms with E-state index in [2.05, 4.69) is 5.10 Å². The molecule has 1 heterocycles. The highest BCUT2D eigenvalue weighted by Gasteiger charge is 2.27. The van der Waals surface area contributed by atoms with Gasteiger partial charge in [0.05, 0.1) is 16.3 Å². The molecule has 0 saturated heterocycles. The molecule has 0 radical (unpaired) electrons. The van der Waals surface area contributed by atoms with Crippen LogP contribution >= 0.6 is 11.6 Å². The van der Waals surface area contributed by atoms with Crippen LogP contribution in [0.5, 0.6) is 0 Å². The summed E-state index contributed by atoms with van der Waals surface area (Å²) in [4.78, 5) is 0.218. The van der Waals surface area contributed by atoms with Gasteiger partial charge >= 0.3 is 0 Å². The predicted molar refractivity (Wildman–Crippen MR) is 104 cm³/mol. The highest BCUT2D eigenvalue weighted by Crippen LogP contribution is 2.34. The zero-order valence-electron chi connectivity index (χ0n) is 14.2. The average Bonchev–Trinajstić information content (AvgIpc) is 3.02. The van der Waals surface area contributed by atoms with Crippen LogP contribution in [0, 0.1) is 6.92 Å². The molecule has 1 aromatic heterocycles. The zero-order valence-corrected chi connectivity index (χ0v) is 15.8. The van der Waals surface area contributed by atoms with Crippen LogP contribution in [0.2, 0.25) is 5.02 Å². The van der Waals surface area contributed by atoms with Crippen LogP contribution in [0.3, 0.4) is 0 Å². The molecular weight excluding hydrogens is 368 g/mol. The number of fused-ring (bicyclic) bond motifs is 1. The third-order valence-electron chi connectivity index (χ3n) is 4.45. The molecule has 26 heavy (non-hydrogen) atoms.